The molecule has 118 valence electrons. The summed E-state index contributed by atoms with van der Waals surface area (Å²) in [4.78, 5) is 2.44. The number of benzene rings is 1. The van der Waals surface area contributed by atoms with Crippen LogP contribution in [-0.4, -0.2) is 58.0 Å². The van der Waals surface area contributed by atoms with Crippen LogP contribution in [0.2, 0.25) is 0 Å². The fraction of sp³-hybridized carbons (Fsp3) is 0.571. The van der Waals surface area contributed by atoms with Gasteiger partial charge in [-0.3, -0.25) is 0 Å². The zero-order valence-electron chi connectivity index (χ0n) is 12.7. The van der Waals surface area contributed by atoms with E-state index in [0.717, 1.165) is 25.9 Å². The topological polar surface area (TPSA) is 75.9 Å². The predicted molar refractivity (Wildman–Crippen MR) is 82.9 cm³/mol. The molecule has 1 aliphatic heterocycles. The molecule has 1 aromatic carbocycles. The van der Waals surface area contributed by atoms with Gasteiger partial charge in [-0.25, -0.2) is 12.7 Å². The Morgan fingerprint density at radius 1 is 1.29 bits per heavy atom. The number of anilines is 1. The lowest BCUT2D eigenvalue weighted by Gasteiger charge is -2.29. The van der Waals surface area contributed by atoms with E-state index >= 15 is 0 Å². The van der Waals surface area contributed by atoms with Crippen molar-refractivity contribution >= 4 is 15.7 Å². The van der Waals surface area contributed by atoms with Gasteiger partial charge in [-0.1, -0.05) is 0 Å². The maximum absolute atomic E-state index is 12.2. The Morgan fingerprint density at radius 3 is 2.48 bits per heavy atom. The van der Waals surface area contributed by atoms with Crippen molar-refractivity contribution in [2.45, 2.75) is 23.8 Å². The highest BCUT2D eigenvalue weighted by molar-refractivity contribution is 7.89. The molecule has 2 rings (SSSR count). The number of hydrogen-bond donors (Lipinski definition) is 1. The first kappa shape index (κ1) is 16.1. The molecule has 2 N–H and O–H groups in total. The summed E-state index contributed by atoms with van der Waals surface area (Å²) in [6, 6.07) is 4.61. The molecule has 0 aliphatic carbocycles. The van der Waals surface area contributed by atoms with Gasteiger partial charge in [0.05, 0.1) is 10.6 Å². The predicted octanol–water partition coefficient (Wildman–Crippen LogP) is 0.992. The molecule has 0 amide bonds. The summed E-state index contributed by atoms with van der Waals surface area (Å²) in [5.41, 5.74) is 6.37. The van der Waals surface area contributed by atoms with Crippen LogP contribution in [0.5, 0.6) is 5.75 Å². The highest BCUT2D eigenvalue weighted by Crippen LogP contribution is 2.28. The molecule has 0 aromatic heterocycles. The highest BCUT2D eigenvalue weighted by atomic mass is 32.2. The Bertz CT molecular complexity index is 593. The first-order valence-electron chi connectivity index (χ1n) is 6.98. The smallest absolute Gasteiger partial charge is 0.242 e. The molecule has 1 aliphatic rings. The quantitative estimate of drug-likeness (QED) is 0.839. The van der Waals surface area contributed by atoms with Crippen LogP contribution >= 0.6 is 0 Å². The van der Waals surface area contributed by atoms with Crippen LogP contribution in [0.3, 0.4) is 0 Å². The van der Waals surface area contributed by atoms with Gasteiger partial charge in [0.15, 0.2) is 0 Å². The number of nitrogens with two attached hydrogens (primary N) is 1. The minimum absolute atomic E-state index is 0.0841. The van der Waals surface area contributed by atoms with E-state index in [1.807, 2.05) is 0 Å². The Hall–Kier alpha value is -1.31. The molecular formula is C14H23N3O3S. The summed E-state index contributed by atoms with van der Waals surface area (Å²) in [5.74, 6) is 0.451. The number of rotatable bonds is 4. The van der Waals surface area contributed by atoms with Gasteiger partial charge in [-0.15, -0.1) is 0 Å². The number of likely N-dealkylation sites (tertiary alicyclic amines) is 1. The van der Waals surface area contributed by atoms with E-state index in [9.17, 15) is 8.42 Å². The lowest BCUT2D eigenvalue weighted by molar-refractivity contribution is 0.115. The summed E-state index contributed by atoms with van der Waals surface area (Å²) in [6.45, 7) is 1.94. The molecule has 0 radical (unpaired) electrons. The monoisotopic (exact) mass is 313 g/mol. The number of hydrogen-bond acceptors (Lipinski definition) is 5. The summed E-state index contributed by atoms with van der Waals surface area (Å²) >= 11 is 0. The molecule has 1 saturated heterocycles. The standard InChI is InChI=1S/C14H23N3O3S/c1-16(2)21(18,19)12-4-5-13(15)14(10-12)20-11-6-8-17(3)9-7-11/h4-5,10-11H,6-9,15H2,1-3H3. The third-order valence-corrected chi connectivity index (χ3v) is 5.53. The number of nitrogens with zero attached hydrogens (tertiary/aromatic N) is 2. The van der Waals surface area contributed by atoms with Gasteiger partial charge in [0.2, 0.25) is 10.0 Å². The maximum Gasteiger partial charge on any atom is 0.242 e. The lowest BCUT2D eigenvalue weighted by atomic mass is 10.1. The van der Waals surface area contributed by atoms with Crippen molar-refractivity contribution in [1.29, 1.82) is 0 Å². The Morgan fingerprint density at radius 2 is 1.90 bits per heavy atom. The molecule has 21 heavy (non-hydrogen) atoms. The van der Waals surface area contributed by atoms with Gasteiger partial charge in [0.25, 0.3) is 0 Å². The average Bonchev–Trinajstić information content (AvgIpc) is 2.43. The fourth-order valence-electron chi connectivity index (χ4n) is 2.27. The molecule has 1 aromatic rings. The summed E-state index contributed by atoms with van der Waals surface area (Å²) in [5, 5.41) is 0. The molecule has 1 fully saturated rings. The zero-order chi connectivity index (χ0) is 15.6. The van der Waals surface area contributed by atoms with E-state index in [1.165, 1.54) is 30.5 Å². The highest BCUT2D eigenvalue weighted by Gasteiger charge is 2.22. The van der Waals surface area contributed by atoms with Crippen molar-refractivity contribution in [1.82, 2.24) is 9.21 Å². The van der Waals surface area contributed by atoms with E-state index in [4.69, 9.17) is 10.5 Å². The van der Waals surface area contributed by atoms with Crippen LogP contribution in [-0.2, 0) is 10.0 Å². The Kier molecular flexibility index (Phi) is 4.75. The SMILES string of the molecule is CN1CCC(Oc2cc(S(=O)(=O)N(C)C)ccc2N)CC1. The first-order valence-corrected chi connectivity index (χ1v) is 8.42. The van der Waals surface area contributed by atoms with Crippen molar-refractivity contribution in [3.8, 4) is 5.75 Å². The number of piperidine rings is 1. The van der Waals surface area contributed by atoms with Crippen LogP contribution in [0, 0.1) is 0 Å². The van der Waals surface area contributed by atoms with E-state index in [1.54, 1.807) is 6.07 Å². The van der Waals surface area contributed by atoms with Crippen molar-refractivity contribution in [2.24, 2.45) is 0 Å². The van der Waals surface area contributed by atoms with E-state index in [0.29, 0.717) is 11.4 Å². The average molecular weight is 313 g/mol. The van der Waals surface area contributed by atoms with Gasteiger partial charge in [-0.05, 0) is 32.0 Å². The largest absolute Gasteiger partial charge is 0.488 e. The molecule has 0 spiro atoms. The summed E-state index contributed by atoms with van der Waals surface area (Å²) < 4.78 is 31.4. The first-order chi connectivity index (χ1) is 9.80. The van der Waals surface area contributed by atoms with E-state index in [2.05, 4.69) is 11.9 Å². The maximum atomic E-state index is 12.2. The van der Waals surface area contributed by atoms with Gasteiger partial charge >= 0.3 is 0 Å². The molecule has 0 atom stereocenters. The summed E-state index contributed by atoms with van der Waals surface area (Å²) in [7, 11) is 1.61. The van der Waals surface area contributed by atoms with E-state index in [-0.39, 0.29) is 11.0 Å². The van der Waals surface area contributed by atoms with Crippen molar-refractivity contribution in [3.63, 3.8) is 0 Å². The fourth-order valence-corrected chi connectivity index (χ4v) is 3.19. The number of ether oxygens (including phenoxy) is 1. The van der Waals surface area contributed by atoms with Crippen molar-refractivity contribution in [2.75, 3.05) is 40.0 Å². The van der Waals surface area contributed by atoms with Crippen molar-refractivity contribution < 1.29 is 13.2 Å². The lowest BCUT2D eigenvalue weighted by Crippen LogP contribution is -2.35. The van der Waals surface area contributed by atoms with Crippen LogP contribution in [0.1, 0.15) is 12.8 Å². The molecule has 1 heterocycles. The number of nitrogen functional groups attached to an aromatic ring is 1. The van der Waals surface area contributed by atoms with Gasteiger partial charge in [0, 0.05) is 33.3 Å². The second-order valence-corrected chi connectivity index (χ2v) is 7.76. The normalized spacial score (nSPS) is 18.1. The van der Waals surface area contributed by atoms with Gasteiger partial charge in [-0.2, -0.15) is 0 Å². The van der Waals surface area contributed by atoms with Crippen LogP contribution in [0.15, 0.2) is 23.1 Å². The minimum Gasteiger partial charge on any atom is -0.488 e. The third-order valence-electron chi connectivity index (χ3n) is 3.72. The zero-order valence-corrected chi connectivity index (χ0v) is 13.6. The molecule has 6 nitrogen and oxygen atoms in total. The second-order valence-electron chi connectivity index (χ2n) is 5.61. The molecule has 0 saturated carbocycles. The third kappa shape index (κ3) is 3.66. The molecule has 0 bridgehead atoms. The molecule has 7 heteroatoms. The number of sulfonamides is 1. The second kappa shape index (κ2) is 6.21. The Balaban J connectivity index is 2.20. The van der Waals surface area contributed by atoms with Crippen LogP contribution in [0.4, 0.5) is 5.69 Å². The Labute approximate surface area is 126 Å². The van der Waals surface area contributed by atoms with Gasteiger partial charge < -0.3 is 15.4 Å². The van der Waals surface area contributed by atoms with Crippen molar-refractivity contribution in [3.05, 3.63) is 18.2 Å². The van der Waals surface area contributed by atoms with E-state index < -0.39 is 10.0 Å². The van der Waals surface area contributed by atoms with Crippen LogP contribution in [0.25, 0.3) is 0 Å². The molecular weight excluding hydrogens is 290 g/mol. The van der Waals surface area contributed by atoms with Crippen LogP contribution < -0.4 is 10.5 Å². The minimum atomic E-state index is -3.48. The van der Waals surface area contributed by atoms with Gasteiger partial charge in [0.1, 0.15) is 11.9 Å². The summed E-state index contributed by atoms with van der Waals surface area (Å²) in [6.07, 6.45) is 1.92. The molecule has 0 unspecified atom stereocenters.